The Balaban J connectivity index is 1.58. The molecule has 0 fully saturated rings. The molecule has 4 rings (SSSR count). The van der Waals surface area contributed by atoms with Crippen molar-refractivity contribution >= 4 is 17.7 Å². The molecule has 1 heterocycles. The van der Waals surface area contributed by atoms with E-state index in [9.17, 15) is 14.4 Å². The summed E-state index contributed by atoms with van der Waals surface area (Å²) in [6, 6.07) is 21.3. The number of nitrogens with one attached hydrogen (secondary N) is 1. The SMILES string of the molecule is COCCCN1C(=O)c2ccc(C(=O)NC(c3ccccc3)c3ccc(OC)cc3)cc2C1=O. The van der Waals surface area contributed by atoms with Gasteiger partial charge in [-0.1, -0.05) is 42.5 Å². The van der Waals surface area contributed by atoms with Crippen LogP contribution < -0.4 is 10.1 Å². The van der Waals surface area contributed by atoms with E-state index in [-0.39, 0.29) is 29.8 Å². The van der Waals surface area contributed by atoms with E-state index < -0.39 is 6.04 Å². The molecule has 7 heteroatoms. The van der Waals surface area contributed by atoms with Gasteiger partial charge < -0.3 is 14.8 Å². The molecule has 1 N–H and O–H groups in total. The van der Waals surface area contributed by atoms with Crippen molar-refractivity contribution in [3.63, 3.8) is 0 Å². The van der Waals surface area contributed by atoms with Gasteiger partial charge in [0.05, 0.1) is 24.3 Å². The van der Waals surface area contributed by atoms with Gasteiger partial charge in [-0.2, -0.15) is 0 Å². The smallest absolute Gasteiger partial charge is 0.261 e. The van der Waals surface area contributed by atoms with Crippen molar-refractivity contribution in [3.8, 4) is 5.75 Å². The summed E-state index contributed by atoms with van der Waals surface area (Å²) >= 11 is 0. The first-order valence-electron chi connectivity index (χ1n) is 11.0. The van der Waals surface area contributed by atoms with Crippen LogP contribution in [0.25, 0.3) is 0 Å². The highest BCUT2D eigenvalue weighted by Gasteiger charge is 2.35. The van der Waals surface area contributed by atoms with E-state index >= 15 is 0 Å². The molecule has 3 aromatic carbocycles. The third-order valence-electron chi connectivity index (χ3n) is 5.82. The minimum absolute atomic E-state index is 0.246. The fourth-order valence-corrected chi connectivity index (χ4v) is 4.02. The second kappa shape index (κ2) is 10.3. The van der Waals surface area contributed by atoms with E-state index in [0.29, 0.717) is 24.2 Å². The fourth-order valence-electron chi connectivity index (χ4n) is 4.02. The van der Waals surface area contributed by atoms with Crippen molar-refractivity contribution in [3.05, 3.63) is 101 Å². The van der Waals surface area contributed by atoms with Crippen molar-refractivity contribution in [1.82, 2.24) is 10.2 Å². The molecule has 0 aromatic heterocycles. The second-order valence-corrected chi connectivity index (χ2v) is 7.96. The molecule has 1 aliphatic rings. The number of hydrogen-bond acceptors (Lipinski definition) is 5. The third kappa shape index (κ3) is 4.70. The summed E-state index contributed by atoms with van der Waals surface area (Å²) in [6.45, 7) is 0.725. The zero-order valence-electron chi connectivity index (χ0n) is 19.1. The lowest BCUT2D eigenvalue weighted by molar-refractivity contribution is 0.0638. The standard InChI is InChI=1S/C27H26N2O5/c1-33-16-6-15-29-26(31)22-14-11-20(17-23(22)27(29)32)25(30)28-24(18-7-4-3-5-8-18)19-9-12-21(34-2)13-10-19/h3-5,7-14,17,24H,6,15-16H2,1-2H3,(H,28,30). The molecule has 0 saturated heterocycles. The topological polar surface area (TPSA) is 84.9 Å². The number of imide groups is 1. The second-order valence-electron chi connectivity index (χ2n) is 7.96. The minimum atomic E-state index is -0.407. The van der Waals surface area contributed by atoms with Crippen LogP contribution in [0.15, 0.2) is 72.8 Å². The molecule has 1 atom stereocenters. The van der Waals surface area contributed by atoms with Gasteiger partial charge in [0.2, 0.25) is 0 Å². The number of carbonyl (C=O) groups is 3. The van der Waals surface area contributed by atoms with Gasteiger partial charge in [0.1, 0.15) is 5.75 Å². The van der Waals surface area contributed by atoms with E-state index in [0.717, 1.165) is 16.9 Å². The Morgan fingerprint density at radius 2 is 1.56 bits per heavy atom. The first-order chi connectivity index (χ1) is 16.5. The molecule has 0 bridgehead atoms. The Bertz CT molecular complexity index is 1190. The summed E-state index contributed by atoms with van der Waals surface area (Å²) in [6.07, 6.45) is 0.552. The quantitative estimate of drug-likeness (QED) is 0.389. The first kappa shape index (κ1) is 23.2. The van der Waals surface area contributed by atoms with E-state index in [1.165, 1.54) is 11.0 Å². The summed E-state index contributed by atoms with van der Waals surface area (Å²) in [4.78, 5) is 39.9. The largest absolute Gasteiger partial charge is 0.497 e. The summed E-state index contributed by atoms with van der Waals surface area (Å²) in [5, 5.41) is 3.07. The molecule has 0 aliphatic carbocycles. The highest BCUT2D eigenvalue weighted by Crippen LogP contribution is 2.27. The van der Waals surface area contributed by atoms with Crippen LogP contribution in [0, 0.1) is 0 Å². The number of benzene rings is 3. The summed E-state index contributed by atoms with van der Waals surface area (Å²) in [5.74, 6) is -0.353. The number of rotatable bonds is 9. The molecular weight excluding hydrogens is 432 g/mol. The maximum atomic E-state index is 13.2. The normalized spacial score (nSPS) is 13.5. The average molecular weight is 459 g/mol. The molecule has 7 nitrogen and oxygen atoms in total. The van der Waals surface area contributed by atoms with E-state index in [1.807, 2.05) is 54.6 Å². The van der Waals surface area contributed by atoms with E-state index in [2.05, 4.69) is 5.32 Å². The van der Waals surface area contributed by atoms with Gasteiger partial charge in [-0.05, 0) is 47.9 Å². The number of methoxy groups -OCH3 is 2. The van der Waals surface area contributed by atoms with Gasteiger partial charge in [-0.3, -0.25) is 19.3 Å². The van der Waals surface area contributed by atoms with Gasteiger partial charge in [0, 0.05) is 25.8 Å². The van der Waals surface area contributed by atoms with Crippen molar-refractivity contribution in [2.24, 2.45) is 0 Å². The van der Waals surface area contributed by atoms with Gasteiger partial charge in [-0.15, -0.1) is 0 Å². The lowest BCUT2D eigenvalue weighted by atomic mass is 9.97. The molecule has 0 saturated carbocycles. The monoisotopic (exact) mass is 458 g/mol. The summed E-state index contributed by atoms with van der Waals surface area (Å²) < 4.78 is 10.3. The number of nitrogens with zero attached hydrogens (tertiary/aromatic N) is 1. The molecule has 1 unspecified atom stereocenters. The zero-order chi connectivity index (χ0) is 24.1. The van der Waals surface area contributed by atoms with Crippen molar-refractivity contribution in [1.29, 1.82) is 0 Å². The van der Waals surface area contributed by atoms with Gasteiger partial charge in [0.15, 0.2) is 0 Å². The first-order valence-corrected chi connectivity index (χ1v) is 11.0. The van der Waals surface area contributed by atoms with Crippen molar-refractivity contribution in [2.45, 2.75) is 12.5 Å². The molecule has 3 aromatic rings. The van der Waals surface area contributed by atoms with Crippen LogP contribution in [0.3, 0.4) is 0 Å². The predicted molar refractivity (Wildman–Crippen MR) is 127 cm³/mol. The van der Waals surface area contributed by atoms with Crippen molar-refractivity contribution in [2.75, 3.05) is 27.4 Å². The molecule has 3 amide bonds. The molecule has 1 aliphatic heterocycles. The highest BCUT2D eigenvalue weighted by atomic mass is 16.5. The number of carbonyl (C=O) groups excluding carboxylic acids is 3. The van der Waals surface area contributed by atoms with E-state index in [4.69, 9.17) is 9.47 Å². The average Bonchev–Trinajstić information content (AvgIpc) is 3.12. The molecule has 174 valence electrons. The molecular formula is C27H26N2O5. The Morgan fingerprint density at radius 3 is 2.24 bits per heavy atom. The van der Waals surface area contributed by atoms with Crippen LogP contribution in [0.5, 0.6) is 5.75 Å². The Morgan fingerprint density at radius 1 is 0.882 bits per heavy atom. The van der Waals surface area contributed by atoms with Crippen LogP contribution in [0.1, 0.15) is 54.7 Å². The number of hydrogen-bond donors (Lipinski definition) is 1. The molecule has 0 spiro atoms. The van der Waals surface area contributed by atoms with Gasteiger partial charge in [-0.25, -0.2) is 0 Å². The number of ether oxygens (including phenoxy) is 2. The van der Waals surface area contributed by atoms with Crippen LogP contribution >= 0.6 is 0 Å². The third-order valence-corrected chi connectivity index (χ3v) is 5.82. The zero-order valence-corrected chi connectivity index (χ0v) is 19.1. The van der Waals surface area contributed by atoms with Crippen molar-refractivity contribution < 1.29 is 23.9 Å². The lowest BCUT2D eigenvalue weighted by Crippen LogP contribution is -2.31. The fraction of sp³-hybridized carbons (Fsp3) is 0.222. The number of fused-ring (bicyclic) bond motifs is 1. The molecule has 34 heavy (non-hydrogen) atoms. The number of amides is 3. The van der Waals surface area contributed by atoms with Crippen LogP contribution in [0.4, 0.5) is 0 Å². The lowest BCUT2D eigenvalue weighted by Gasteiger charge is -2.20. The van der Waals surface area contributed by atoms with Crippen LogP contribution in [-0.4, -0.2) is 50.0 Å². The Hall–Kier alpha value is -3.97. The van der Waals surface area contributed by atoms with Gasteiger partial charge in [0.25, 0.3) is 17.7 Å². The summed E-state index contributed by atoms with van der Waals surface area (Å²) in [7, 11) is 3.17. The Kier molecular flexibility index (Phi) is 7.04. The minimum Gasteiger partial charge on any atom is -0.497 e. The maximum absolute atomic E-state index is 13.2. The Labute approximate surface area is 198 Å². The van der Waals surface area contributed by atoms with Crippen LogP contribution in [-0.2, 0) is 4.74 Å². The predicted octanol–water partition coefficient (Wildman–Crippen LogP) is 3.85. The van der Waals surface area contributed by atoms with Gasteiger partial charge >= 0.3 is 0 Å². The molecule has 0 radical (unpaired) electrons. The maximum Gasteiger partial charge on any atom is 0.261 e. The summed E-state index contributed by atoms with van der Waals surface area (Å²) in [5.41, 5.74) is 2.67. The van der Waals surface area contributed by atoms with E-state index in [1.54, 1.807) is 26.4 Å². The van der Waals surface area contributed by atoms with Crippen LogP contribution in [0.2, 0.25) is 0 Å². The highest BCUT2D eigenvalue weighted by molar-refractivity contribution is 6.22.